The average Bonchev–Trinajstić information content (AvgIpc) is 3.80. The molecule has 11 rings (SSSR count). The molecule has 6 heterocycles. The maximum absolute atomic E-state index is 5.00. The lowest BCUT2D eigenvalue weighted by Crippen LogP contribution is -1.96. The minimum absolute atomic E-state index is 0.796. The van der Waals surface area contributed by atoms with Crippen LogP contribution in [-0.4, -0.2) is 29.1 Å². The fourth-order valence-electron chi connectivity index (χ4n) is 8.21. The van der Waals surface area contributed by atoms with Crippen LogP contribution in [0, 0.1) is 0 Å². The molecule has 0 aliphatic heterocycles. The maximum atomic E-state index is 5.00. The minimum atomic E-state index is 0.796. The van der Waals surface area contributed by atoms with Crippen LogP contribution < -0.4 is 0 Å². The van der Waals surface area contributed by atoms with Crippen molar-refractivity contribution >= 4 is 43.7 Å². The minimum Gasteiger partial charge on any atom is -0.309 e. The van der Waals surface area contributed by atoms with Crippen molar-refractivity contribution < 1.29 is 0 Å². The molecule has 0 N–H and O–H groups in total. The predicted octanol–water partition coefficient (Wildman–Crippen LogP) is 12.1. The molecule has 0 unspecified atom stereocenters. The fraction of sp³-hybridized carbons (Fsp3) is 0. The summed E-state index contributed by atoms with van der Waals surface area (Å²) in [5.41, 5.74) is 15.3. The summed E-state index contributed by atoms with van der Waals surface area (Å²) in [6, 6.07) is 61.7. The largest absolute Gasteiger partial charge is 0.309 e. The van der Waals surface area contributed by atoms with E-state index in [9.17, 15) is 0 Å². The second kappa shape index (κ2) is 13.0. The summed E-state index contributed by atoms with van der Waals surface area (Å²) < 4.78 is 4.70. The van der Waals surface area contributed by atoms with E-state index in [4.69, 9.17) is 9.97 Å². The van der Waals surface area contributed by atoms with Crippen LogP contribution in [0.1, 0.15) is 0 Å². The second-order valence-corrected chi connectivity index (χ2v) is 13.9. The van der Waals surface area contributed by atoms with Gasteiger partial charge in [0, 0.05) is 46.1 Å². The van der Waals surface area contributed by atoms with Crippen LogP contribution in [-0.2, 0) is 0 Å². The normalized spacial score (nSPS) is 11.6. The van der Waals surface area contributed by atoms with Gasteiger partial charge in [-0.3, -0.25) is 15.0 Å². The second-order valence-electron chi connectivity index (χ2n) is 13.9. The predicted molar refractivity (Wildman–Crippen MR) is 228 cm³/mol. The average molecular weight is 717 g/mol. The summed E-state index contributed by atoms with van der Waals surface area (Å²) in [6.07, 6.45) is 5.49. The van der Waals surface area contributed by atoms with E-state index in [2.05, 4.69) is 153 Å². The van der Waals surface area contributed by atoms with Crippen LogP contribution >= 0.6 is 0 Å². The first kappa shape index (κ1) is 31.8. The van der Waals surface area contributed by atoms with Crippen molar-refractivity contribution in [1.29, 1.82) is 0 Å². The molecule has 6 nitrogen and oxygen atoms in total. The Morgan fingerprint density at radius 3 is 1.77 bits per heavy atom. The molecule has 6 heteroatoms. The fourth-order valence-corrected chi connectivity index (χ4v) is 8.21. The Labute approximate surface area is 322 Å². The molecule has 6 aromatic heterocycles. The number of para-hydroxylation sites is 2. The first-order chi connectivity index (χ1) is 27.8. The molecule has 0 spiro atoms. The molecule has 0 amide bonds. The highest BCUT2D eigenvalue weighted by molar-refractivity contribution is 6.17. The Kier molecular flexibility index (Phi) is 7.38. The van der Waals surface area contributed by atoms with Gasteiger partial charge in [0.1, 0.15) is 0 Å². The number of hydrogen-bond donors (Lipinski definition) is 0. The van der Waals surface area contributed by atoms with Crippen molar-refractivity contribution in [3.05, 3.63) is 195 Å². The zero-order valence-electron chi connectivity index (χ0n) is 30.2. The lowest BCUT2D eigenvalue weighted by molar-refractivity contribution is 1.17. The summed E-state index contributed by atoms with van der Waals surface area (Å²) in [6.45, 7) is 0. The van der Waals surface area contributed by atoms with Gasteiger partial charge < -0.3 is 9.13 Å². The van der Waals surface area contributed by atoms with Crippen molar-refractivity contribution in [3.63, 3.8) is 0 Å². The van der Waals surface area contributed by atoms with Crippen LogP contribution in [0.15, 0.2) is 195 Å². The molecule has 56 heavy (non-hydrogen) atoms. The quantitative estimate of drug-likeness (QED) is 0.172. The first-order valence-electron chi connectivity index (χ1n) is 18.7. The van der Waals surface area contributed by atoms with E-state index in [0.29, 0.717) is 0 Å². The van der Waals surface area contributed by atoms with Gasteiger partial charge in [0.05, 0.1) is 50.4 Å². The van der Waals surface area contributed by atoms with Crippen molar-refractivity contribution in [2.24, 2.45) is 0 Å². The maximum Gasteiger partial charge on any atom is 0.0963 e. The highest BCUT2D eigenvalue weighted by atomic mass is 15.0. The molecule has 0 fully saturated rings. The van der Waals surface area contributed by atoms with Gasteiger partial charge in [-0.2, -0.15) is 0 Å². The third-order valence-electron chi connectivity index (χ3n) is 10.7. The SMILES string of the molecule is c1ccc(-n2c3ccccc3c3c(-c4ccc5c(c4)c4ncccc4n5-c4cccc(-c5cc(-c6ccccn6)nc(-c6ccccn6)c5)c4)cccc32)cc1. The third-order valence-corrected chi connectivity index (χ3v) is 10.7. The summed E-state index contributed by atoms with van der Waals surface area (Å²) in [5.74, 6) is 0. The van der Waals surface area contributed by atoms with Crippen LogP contribution in [0.4, 0.5) is 0 Å². The van der Waals surface area contributed by atoms with Crippen molar-refractivity contribution in [1.82, 2.24) is 29.1 Å². The monoisotopic (exact) mass is 716 g/mol. The van der Waals surface area contributed by atoms with Crippen LogP contribution in [0.25, 0.3) is 100 Å². The van der Waals surface area contributed by atoms with E-state index in [1.54, 1.807) is 12.4 Å². The van der Waals surface area contributed by atoms with Gasteiger partial charge in [0.2, 0.25) is 0 Å². The molecule has 0 saturated heterocycles. The number of fused-ring (bicyclic) bond motifs is 6. The highest BCUT2D eigenvalue weighted by Crippen LogP contribution is 2.41. The molecule has 262 valence electrons. The Morgan fingerprint density at radius 2 is 0.982 bits per heavy atom. The smallest absolute Gasteiger partial charge is 0.0963 e. The zero-order chi connectivity index (χ0) is 37.0. The van der Waals surface area contributed by atoms with Crippen LogP contribution in [0.2, 0.25) is 0 Å². The lowest BCUT2D eigenvalue weighted by atomic mass is 9.98. The molecule has 0 radical (unpaired) electrons. The molecule has 5 aromatic carbocycles. The summed E-state index contributed by atoms with van der Waals surface area (Å²) >= 11 is 0. The number of rotatable bonds is 6. The van der Waals surface area contributed by atoms with Crippen LogP contribution in [0.5, 0.6) is 0 Å². The van der Waals surface area contributed by atoms with Gasteiger partial charge >= 0.3 is 0 Å². The number of hydrogen-bond acceptors (Lipinski definition) is 4. The van der Waals surface area contributed by atoms with Gasteiger partial charge in [0.15, 0.2) is 0 Å². The summed E-state index contributed by atoms with van der Waals surface area (Å²) in [7, 11) is 0. The molecule has 0 saturated carbocycles. The van der Waals surface area contributed by atoms with E-state index in [1.807, 2.05) is 48.7 Å². The lowest BCUT2D eigenvalue weighted by Gasteiger charge is -2.13. The summed E-state index contributed by atoms with van der Waals surface area (Å²) in [4.78, 5) is 19.2. The third kappa shape index (κ3) is 5.19. The first-order valence-corrected chi connectivity index (χ1v) is 18.7. The number of nitrogens with zero attached hydrogens (tertiary/aromatic N) is 6. The number of aromatic nitrogens is 6. The van der Waals surface area contributed by atoms with E-state index in [-0.39, 0.29) is 0 Å². The molecular formula is C50H32N6. The van der Waals surface area contributed by atoms with Gasteiger partial charge in [-0.05, 0) is 119 Å². The Bertz CT molecular complexity index is 3180. The topological polar surface area (TPSA) is 61.4 Å². The van der Waals surface area contributed by atoms with Gasteiger partial charge in [-0.15, -0.1) is 0 Å². The number of benzene rings is 5. The van der Waals surface area contributed by atoms with Crippen molar-refractivity contribution in [2.75, 3.05) is 0 Å². The molecule has 0 bridgehead atoms. The molecule has 0 aliphatic rings. The number of pyridine rings is 4. The van der Waals surface area contributed by atoms with E-state index in [0.717, 1.165) is 72.8 Å². The molecular weight excluding hydrogens is 685 g/mol. The summed E-state index contributed by atoms with van der Waals surface area (Å²) in [5, 5.41) is 3.57. The Morgan fingerprint density at radius 1 is 0.339 bits per heavy atom. The molecule has 0 aliphatic carbocycles. The highest BCUT2D eigenvalue weighted by Gasteiger charge is 2.19. The zero-order valence-corrected chi connectivity index (χ0v) is 30.2. The molecule has 0 atom stereocenters. The van der Waals surface area contributed by atoms with E-state index < -0.39 is 0 Å². The van der Waals surface area contributed by atoms with Gasteiger partial charge in [-0.25, -0.2) is 4.98 Å². The van der Waals surface area contributed by atoms with Gasteiger partial charge in [0.25, 0.3) is 0 Å². The molecule has 11 aromatic rings. The van der Waals surface area contributed by atoms with E-state index >= 15 is 0 Å². The van der Waals surface area contributed by atoms with Crippen molar-refractivity contribution in [2.45, 2.75) is 0 Å². The Balaban J connectivity index is 1.08. The Hall–Kier alpha value is -7.70. The van der Waals surface area contributed by atoms with Crippen LogP contribution in [0.3, 0.4) is 0 Å². The van der Waals surface area contributed by atoms with E-state index in [1.165, 1.54) is 27.4 Å². The standard InChI is InChI=1S/C50H32N6/c1-2-14-36(15-3-1)55-45-21-5-4-17-39(45)49-38(18-11-22-47(49)55)34-24-25-46-40(30-34)50-48(23-12-28-53-50)56(46)37-16-10-13-33(29-37)35-31-43(41-19-6-8-26-51-41)54-44(32-35)42-20-7-9-27-52-42/h1-32H. The van der Waals surface area contributed by atoms with Crippen molar-refractivity contribution in [3.8, 4) is 56.4 Å². The van der Waals surface area contributed by atoms with Gasteiger partial charge in [-0.1, -0.05) is 78.9 Å².